The summed E-state index contributed by atoms with van der Waals surface area (Å²) in [5, 5.41) is 20.4. The number of hydrogen-bond donors (Lipinski definition) is 2. The van der Waals surface area contributed by atoms with Crippen LogP contribution in [0.1, 0.15) is 111 Å². The maximum Gasteiger partial charge on any atom is 0.268 e. The fourth-order valence-electron chi connectivity index (χ4n) is 10.6. The van der Waals surface area contributed by atoms with E-state index in [4.69, 9.17) is 9.98 Å². The average molecular weight is 1240 g/mol. The molecule has 2 aliphatic rings. The van der Waals surface area contributed by atoms with Gasteiger partial charge in [-0.15, -0.1) is 23.5 Å². The summed E-state index contributed by atoms with van der Waals surface area (Å²) in [5.74, 6) is 0. The zero-order valence-corrected chi connectivity index (χ0v) is 54.4. The Morgan fingerprint density at radius 3 is 1.32 bits per heavy atom. The summed E-state index contributed by atoms with van der Waals surface area (Å²) in [4.78, 5) is 12.3. The van der Waals surface area contributed by atoms with Crippen molar-refractivity contribution in [3.63, 3.8) is 0 Å². The molecule has 2 N–H and O–H groups in total. The van der Waals surface area contributed by atoms with E-state index in [1.54, 1.807) is 103 Å². The van der Waals surface area contributed by atoms with Gasteiger partial charge in [-0.1, -0.05) is 41.5 Å². The third-order valence-electron chi connectivity index (χ3n) is 15.3. The molecule has 2 aliphatic heterocycles. The van der Waals surface area contributed by atoms with Crippen molar-refractivity contribution in [3.05, 3.63) is 177 Å². The van der Waals surface area contributed by atoms with E-state index in [1.165, 1.54) is 7.94 Å². The highest BCUT2D eigenvalue weighted by atomic mass is 32.2. The number of aliphatic imine (C=N–C) groups is 2. The topological polar surface area (TPSA) is 209 Å². The van der Waals surface area contributed by atoms with Gasteiger partial charge in [-0.2, -0.15) is 10.5 Å². The minimum Gasteiger partial charge on any atom is -0.255 e. The minimum atomic E-state index is -3.89. The number of rotatable bonds is 14. The highest BCUT2D eigenvalue weighted by molar-refractivity contribution is 7.99. The number of nitrogens with one attached hydrogen (secondary N) is 2. The van der Waals surface area contributed by atoms with Gasteiger partial charge >= 0.3 is 0 Å². The van der Waals surface area contributed by atoms with E-state index in [0.29, 0.717) is 40.7 Å². The van der Waals surface area contributed by atoms with Crippen LogP contribution in [0.4, 0.5) is 11.4 Å². The molecule has 0 fully saturated rings. The molecule has 0 amide bonds. The van der Waals surface area contributed by atoms with Crippen molar-refractivity contribution in [1.29, 1.82) is 10.5 Å². The second kappa shape index (κ2) is 23.1. The van der Waals surface area contributed by atoms with Crippen molar-refractivity contribution in [2.24, 2.45) is 9.98 Å². The molecule has 0 saturated heterocycles. The van der Waals surface area contributed by atoms with Crippen LogP contribution in [0.2, 0.25) is 0 Å². The molecule has 20 heteroatoms. The Morgan fingerprint density at radius 1 is 0.524 bits per heavy atom. The molecule has 0 bridgehead atoms. The monoisotopic (exact) mass is 1240 g/mol. The molecule has 2 aromatic heterocycles. The van der Waals surface area contributed by atoms with Gasteiger partial charge in [0.1, 0.15) is 0 Å². The van der Waals surface area contributed by atoms with Gasteiger partial charge in [0, 0.05) is 68.3 Å². The first-order valence-electron chi connectivity index (χ1n) is 27.1. The molecule has 8 aromatic rings. The second-order valence-corrected chi connectivity index (χ2v) is 32.8. The van der Waals surface area contributed by atoms with Crippen LogP contribution < -0.4 is 9.44 Å². The van der Waals surface area contributed by atoms with Gasteiger partial charge in [0.15, 0.2) is 0 Å². The van der Waals surface area contributed by atoms with Crippen LogP contribution in [0.5, 0.6) is 0 Å². The second-order valence-electron chi connectivity index (χ2n) is 23.5. The first-order chi connectivity index (χ1) is 39.4. The first kappa shape index (κ1) is 62.1. The summed E-state index contributed by atoms with van der Waals surface area (Å²) in [5.41, 5.74) is 10.2. The van der Waals surface area contributed by atoms with E-state index >= 15 is 0 Å². The largest absolute Gasteiger partial charge is 0.268 e. The third-order valence-corrected chi connectivity index (χ3v) is 23.6. The number of hydrogen-bond acceptors (Lipinski definition) is 12. The van der Waals surface area contributed by atoms with Crippen molar-refractivity contribution in [2.45, 2.75) is 136 Å². The lowest BCUT2D eigenvalue weighted by atomic mass is 9.83. The molecule has 4 atom stereocenters. The summed E-state index contributed by atoms with van der Waals surface area (Å²) >= 11 is 3.11. The van der Waals surface area contributed by atoms with E-state index in [0.717, 1.165) is 82.2 Å². The Kier molecular flexibility index (Phi) is 17.1. The van der Waals surface area contributed by atoms with Gasteiger partial charge in [0.2, 0.25) is 0 Å². The van der Waals surface area contributed by atoms with E-state index < -0.39 is 62.6 Å². The summed E-state index contributed by atoms with van der Waals surface area (Å²) < 4.78 is 91.5. The summed E-state index contributed by atoms with van der Waals surface area (Å²) in [7, 11) is -10.8. The van der Waals surface area contributed by atoms with Crippen molar-refractivity contribution >= 4 is 110 Å². The molecule has 6 aromatic carbocycles. The Bertz CT molecular complexity index is 4420. The molecule has 4 heterocycles. The van der Waals surface area contributed by atoms with Gasteiger partial charge in [-0.25, -0.2) is 42.6 Å². The zero-order valence-electron chi connectivity index (χ0n) is 49.5. The number of aromatic nitrogens is 2. The maximum absolute atomic E-state index is 13.9. The van der Waals surface area contributed by atoms with Gasteiger partial charge < -0.3 is 0 Å². The normalized spacial score (nSPS) is 15.6. The third kappa shape index (κ3) is 11.4. The molecular weight excluding hydrogens is 1170 g/mol. The molecule has 4 unspecified atom stereocenters. The summed E-state index contributed by atoms with van der Waals surface area (Å²) in [6, 6.07) is 36.6. The molecule has 0 saturated carbocycles. The predicted octanol–water partition coefficient (Wildman–Crippen LogP) is 13.4. The number of thioether (sulfide) groups is 2. The van der Waals surface area contributed by atoms with E-state index in [1.807, 2.05) is 138 Å². The van der Waals surface area contributed by atoms with Gasteiger partial charge in [-0.3, -0.25) is 9.98 Å². The lowest BCUT2D eigenvalue weighted by Crippen LogP contribution is -2.51. The van der Waals surface area contributed by atoms with E-state index in [2.05, 4.69) is 21.6 Å². The maximum atomic E-state index is 13.9. The molecule has 10 rings (SSSR count). The van der Waals surface area contributed by atoms with Crippen LogP contribution in [0.15, 0.2) is 151 Å². The number of nitrogens with zero attached hydrogens (tertiary/aromatic N) is 6. The van der Waals surface area contributed by atoms with Crippen molar-refractivity contribution in [1.82, 2.24) is 17.4 Å². The number of aryl methyl sites for hydroxylation is 4. The fraction of sp³-hybridized carbons (Fsp3) is 0.312. The molecular formula is C64H68N8O6S6. The smallest absolute Gasteiger partial charge is 0.255 e. The minimum absolute atomic E-state index is 0.208. The Balaban J connectivity index is 0.000000202. The van der Waals surface area contributed by atoms with Crippen LogP contribution in [0.3, 0.4) is 0 Å². The van der Waals surface area contributed by atoms with Gasteiger partial charge in [-0.05, 0) is 197 Å². The van der Waals surface area contributed by atoms with E-state index in [9.17, 15) is 35.8 Å². The van der Waals surface area contributed by atoms with Crippen molar-refractivity contribution in [2.75, 3.05) is 12.5 Å². The SMILES string of the molecule is CSc1cc(C)c2c(ccn2S(=O)(=O)c2ccc(C)cc2)c1C(C)(NS(=O)C(C)(C)C)C1=Nc2cc(C#N)ccc2C1.CSc1cc(C)c2c(ccn2S(=O)(=O)c2ccc(C)cc2)c1C(C)(NS(=O)C(C)(C)C)C1=Nc2ccc(C#N)cc2C1. The Labute approximate surface area is 507 Å². The van der Waals surface area contributed by atoms with Gasteiger partial charge in [0.25, 0.3) is 20.0 Å². The average Bonchev–Trinajstić information content (AvgIpc) is 2.37. The lowest BCUT2D eigenvalue weighted by Gasteiger charge is -2.36. The number of nitriles is 2. The number of benzene rings is 6. The molecule has 0 spiro atoms. The van der Waals surface area contributed by atoms with Crippen LogP contribution in [0.25, 0.3) is 21.8 Å². The molecule has 84 heavy (non-hydrogen) atoms. The molecule has 14 nitrogen and oxygen atoms in total. The first-order valence-corrected chi connectivity index (χ1v) is 34.7. The standard InChI is InChI=1S/2C32H34N4O3S3/c1-20-8-12-24(13-9-20)42(38,39)36-15-14-25-29(27(40-7)16-21(2)30(25)36)32(6,35-41(37)31(3,4)5)28-18-23-11-10-22(19-33)17-26(23)34-28;1-20-8-11-24(12-9-20)42(38,39)36-15-14-25-29(27(40-7)16-21(2)30(25)36)32(6,35-41(37)31(3,4)5)28-18-23-17-22(19-33)10-13-26(23)34-28/h2*8-17,35H,18H2,1-7H3. The summed E-state index contributed by atoms with van der Waals surface area (Å²) in [6.07, 6.45) is 8.13. The highest BCUT2D eigenvalue weighted by Crippen LogP contribution is 2.46. The van der Waals surface area contributed by atoms with Crippen LogP contribution in [-0.4, -0.2) is 66.6 Å². The van der Waals surface area contributed by atoms with Gasteiger partial charge in [0.05, 0.1) is 98.0 Å². The predicted molar refractivity (Wildman–Crippen MR) is 345 cm³/mol. The van der Waals surface area contributed by atoms with Crippen molar-refractivity contribution in [3.8, 4) is 12.1 Å². The van der Waals surface area contributed by atoms with Crippen molar-refractivity contribution < 1.29 is 25.3 Å². The Morgan fingerprint density at radius 2 is 0.917 bits per heavy atom. The summed E-state index contributed by atoms with van der Waals surface area (Å²) in [6.45, 7) is 23.1. The highest BCUT2D eigenvalue weighted by Gasteiger charge is 2.44. The fourth-order valence-corrected chi connectivity index (χ4v) is 16.9. The lowest BCUT2D eigenvalue weighted by molar-refractivity contribution is 0.562. The number of fused-ring (bicyclic) bond motifs is 4. The molecule has 0 radical (unpaired) electrons. The molecule has 436 valence electrons. The molecule has 0 aliphatic carbocycles. The van der Waals surface area contributed by atoms with Crippen LogP contribution >= 0.6 is 23.5 Å². The zero-order chi connectivity index (χ0) is 61.2. The van der Waals surface area contributed by atoms with Crippen LogP contribution in [-0.2, 0) is 65.9 Å². The van der Waals surface area contributed by atoms with E-state index in [-0.39, 0.29) is 9.79 Å². The van der Waals surface area contributed by atoms with Crippen LogP contribution in [0, 0.1) is 50.4 Å². The Hall–Kier alpha value is -6.46. The quantitative estimate of drug-likeness (QED) is 0.0984.